The largest absolute Gasteiger partial charge is 0.465 e. The van der Waals surface area contributed by atoms with E-state index in [1.54, 1.807) is 17.0 Å². The van der Waals surface area contributed by atoms with Gasteiger partial charge in [-0.15, -0.1) is 0 Å². The maximum atomic E-state index is 14.0. The summed E-state index contributed by atoms with van der Waals surface area (Å²) in [6, 6.07) is 12.3. The van der Waals surface area contributed by atoms with Crippen LogP contribution in [0.3, 0.4) is 0 Å². The van der Waals surface area contributed by atoms with Gasteiger partial charge in [0.05, 0.1) is 26.4 Å². The lowest BCUT2D eigenvalue weighted by Crippen LogP contribution is -2.64. The number of anilines is 1. The number of fused-ring (bicyclic) bond motifs is 1. The van der Waals surface area contributed by atoms with Gasteiger partial charge in [-0.05, 0) is 55.2 Å². The highest BCUT2D eigenvalue weighted by molar-refractivity contribution is 5.97. The van der Waals surface area contributed by atoms with Crippen LogP contribution in [0.5, 0.6) is 0 Å². The molecule has 1 unspecified atom stereocenters. The molecule has 0 saturated carbocycles. The summed E-state index contributed by atoms with van der Waals surface area (Å²) in [5.41, 5.74) is 3.11. The van der Waals surface area contributed by atoms with Crippen molar-refractivity contribution in [3.05, 3.63) is 65.0 Å². The van der Waals surface area contributed by atoms with Crippen LogP contribution in [0.25, 0.3) is 0 Å². The minimum atomic E-state index is -0.940. The molecule has 0 spiro atoms. The van der Waals surface area contributed by atoms with Crippen molar-refractivity contribution in [2.24, 2.45) is 0 Å². The number of aliphatic hydroxyl groups is 1. The molecule has 0 aliphatic carbocycles. The molecule has 0 bridgehead atoms. The summed E-state index contributed by atoms with van der Waals surface area (Å²) < 4.78 is 19.0. The number of ether oxygens (including phenoxy) is 1. The lowest BCUT2D eigenvalue weighted by Gasteiger charge is -2.47. The maximum Gasteiger partial charge on any atom is 0.407 e. The number of carboxylic acid groups (broad SMARTS) is 1. The first-order valence-corrected chi connectivity index (χ1v) is 14.4. The number of aliphatic hydroxyl groups excluding tert-OH is 1. The molecule has 10 heteroatoms. The lowest BCUT2D eigenvalue weighted by molar-refractivity contribution is -0.121. The Morgan fingerprint density at radius 1 is 1.05 bits per heavy atom. The Hall–Kier alpha value is -3.05. The van der Waals surface area contributed by atoms with Gasteiger partial charge in [0.25, 0.3) is 0 Å². The van der Waals surface area contributed by atoms with Gasteiger partial charge in [0, 0.05) is 62.0 Å². The van der Waals surface area contributed by atoms with Gasteiger partial charge >= 0.3 is 6.09 Å². The lowest BCUT2D eigenvalue weighted by atomic mass is 9.85. The number of rotatable bonds is 7. The molecular formula is C31H41FN4O5. The number of hydrogen-bond acceptors (Lipinski definition) is 6. The van der Waals surface area contributed by atoms with Crippen LogP contribution in [0.15, 0.2) is 42.5 Å². The molecule has 2 aromatic carbocycles. The molecule has 2 saturated heterocycles. The molecule has 9 nitrogen and oxygen atoms in total. The fraction of sp³-hybridized carbons (Fsp3) is 0.548. The highest BCUT2D eigenvalue weighted by atomic mass is 19.1. The minimum Gasteiger partial charge on any atom is -0.465 e. The summed E-state index contributed by atoms with van der Waals surface area (Å²) in [6.45, 7) is 9.89. The molecule has 3 heterocycles. The Kier molecular flexibility index (Phi) is 8.65. The van der Waals surface area contributed by atoms with Gasteiger partial charge in [-0.1, -0.05) is 31.2 Å². The van der Waals surface area contributed by atoms with E-state index in [9.17, 15) is 24.2 Å². The van der Waals surface area contributed by atoms with E-state index in [-0.39, 0.29) is 43.0 Å². The van der Waals surface area contributed by atoms with Crippen molar-refractivity contribution in [3.8, 4) is 0 Å². The van der Waals surface area contributed by atoms with E-state index in [2.05, 4.69) is 16.7 Å². The Labute approximate surface area is 241 Å². The van der Waals surface area contributed by atoms with Crippen LogP contribution in [0.4, 0.5) is 14.9 Å². The zero-order valence-electron chi connectivity index (χ0n) is 24.1. The van der Waals surface area contributed by atoms with Gasteiger partial charge in [0.2, 0.25) is 5.91 Å². The number of carbonyl (C=O) groups is 2. The van der Waals surface area contributed by atoms with Crippen LogP contribution in [0.2, 0.25) is 0 Å². The summed E-state index contributed by atoms with van der Waals surface area (Å²) in [7, 11) is 0. The molecule has 2 amide bonds. The molecule has 2 aromatic rings. The van der Waals surface area contributed by atoms with E-state index >= 15 is 0 Å². The SMILES string of the molecule is C[C@@H]1COCCN1C[C@H]1CN(C(=O)O)[C@H](C)CN1CC(=O)N1CC(C)(CO)c2ccc(Cc3ccc(F)cc3)cc21. The van der Waals surface area contributed by atoms with E-state index in [0.717, 1.165) is 28.9 Å². The second-order valence-corrected chi connectivity index (χ2v) is 12.1. The highest BCUT2D eigenvalue weighted by Gasteiger charge is 2.43. The van der Waals surface area contributed by atoms with Gasteiger partial charge < -0.3 is 24.7 Å². The summed E-state index contributed by atoms with van der Waals surface area (Å²) in [5, 5.41) is 20.1. The van der Waals surface area contributed by atoms with Gasteiger partial charge in [0.15, 0.2) is 0 Å². The van der Waals surface area contributed by atoms with Gasteiger partial charge in [-0.25, -0.2) is 9.18 Å². The topological polar surface area (TPSA) is 96.8 Å². The van der Waals surface area contributed by atoms with Crippen LogP contribution < -0.4 is 4.90 Å². The molecule has 4 atom stereocenters. The molecule has 0 aromatic heterocycles. The third-order valence-corrected chi connectivity index (χ3v) is 8.97. The number of nitrogens with zero attached hydrogens (tertiary/aromatic N) is 4. The van der Waals surface area contributed by atoms with Crippen LogP contribution in [-0.2, 0) is 21.4 Å². The van der Waals surface area contributed by atoms with Crippen molar-refractivity contribution in [1.29, 1.82) is 0 Å². The van der Waals surface area contributed by atoms with Gasteiger partial charge in [-0.2, -0.15) is 0 Å². The van der Waals surface area contributed by atoms with Crippen LogP contribution in [-0.4, -0.2) is 114 Å². The number of benzene rings is 2. The molecule has 41 heavy (non-hydrogen) atoms. The predicted molar refractivity (Wildman–Crippen MR) is 154 cm³/mol. The van der Waals surface area contributed by atoms with Crippen molar-refractivity contribution in [2.75, 3.05) is 64.0 Å². The number of carbonyl (C=O) groups excluding carboxylic acids is 1. The van der Waals surface area contributed by atoms with Crippen LogP contribution in [0, 0.1) is 5.82 Å². The fourth-order valence-electron chi connectivity index (χ4n) is 6.44. The molecule has 222 valence electrons. The van der Waals surface area contributed by atoms with Crippen molar-refractivity contribution < 1.29 is 28.9 Å². The van der Waals surface area contributed by atoms with Crippen LogP contribution >= 0.6 is 0 Å². The van der Waals surface area contributed by atoms with E-state index in [1.807, 2.05) is 32.0 Å². The highest BCUT2D eigenvalue weighted by Crippen LogP contribution is 2.41. The monoisotopic (exact) mass is 568 g/mol. The number of piperazine rings is 1. The Bertz CT molecular complexity index is 1260. The van der Waals surface area contributed by atoms with E-state index in [0.29, 0.717) is 45.8 Å². The summed E-state index contributed by atoms with van der Waals surface area (Å²) >= 11 is 0. The first-order chi connectivity index (χ1) is 19.6. The average Bonchev–Trinajstić information content (AvgIpc) is 3.25. The molecule has 3 aliphatic heterocycles. The zero-order valence-corrected chi connectivity index (χ0v) is 24.1. The third kappa shape index (κ3) is 6.25. The third-order valence-electron chi connectivity index (χ3n) is 8.97. The molecule has 3 aliphatic rings. The minimum absolute atomic E-state index is 0.0710. The molecule has 0 radical (unpaired) electrons. The second kappa shape index (κ2) is 12.1. The van der Waals surface area contributed by atoms with E-state index < -0.39 is 11.5 Å². The smallest absolute Gasteiger partial charge is 0.407 e. The summed E-state index contributed by atoms with van der Waals surface area (Å²) in [4.78, 5) is 33.7. The van der Waals surface area contributed by atoms with Crippen molar-refractivity contribution in [1.82, 2.24) is 14.7 Å². The van der Waals surface area contributed by atoms with E-state index in [1.165, 1.54) is 17.0 Å². The number of amides is 2. The Morgan fingerprint density at radius 2 is 1.78 bits per heavy atom. The summed E-state index contributed by atoms with van der Waals surface area (Å²) in [5.74, 6) is -0.351. The molecule has 2 fully saturated rings. The van der Waals surface area contributed by atoms with E-state index in [4.69, 9.17) is 4.74 Å². The molecular weight excluding hydrogens is 527 g/mol. The van der Waals surface area contributed by atoms with Crippen molar-refractivity contribution in [2.45, 2.75) is 50.7 Å². The normalized spacial score (nSPS) is 27.2. The maximum absolute atomic E-state index is 14.0. The predicted octanol–water partition coefficient (Wildman–Crippen LogP) is 2.79. The Balaban J connectivity index is 1.38. The second-order valence-electron chi connectivity index (χ2n) is 12.1. The van der Waals surface area contributed by atoms with Crippen LogP contribution in [0.1, 0.15) is 37.5 Å². The first kappa shape index (κ1) is 29.4. The standard InChI is InChI=1S/C31H41FN4O5/c1-21-14-34(26(16-35(21)30(39)40)15-33-10-11-41-18-22(33)2)17-29(38)36-19-31(3,20-37)27-9-6-24(13-28(27)36)12-23-4-7-25(32)8-5-23/h4-9,13,21-22,26,37H,10-12,14-20H2,1-3H3,(H,39,40)/t21-,22-,26+,31?/m1/s1. The Morgan fingerprint density at radius 3 is 2.46 bits per heavy atom. The first-order valence-electron chi connectivity index (χ1n) is 14.4. The zero-order chi connectivity index (χ0) is 29.3. The van der Waals surface area contributed by atoms with Crippen molar-refractivity contribution >= 4 is 17.7 Å². The number of morpholine rings is 1. The van der Waals surface area contributed by atoms with Crippen molar-refractivity contribution in [3.63, 3.8) is 0 Å². The molecule has 5 rings (SSSR count). The number of hydrogen-bond donors (Lipinski definition) is 2. The summed E-state index contributed by atoms with van der Waals surface area (Å²) in [6.07, 6.45) is -0.343. The molecule has 2 N–H and O–H groups in total. The average molecular weight is 569 g/mol. The van der Waals surface area contributed by atoms with Gasteiger partial charge in [0.1, 0.15) is 5.82 Å². The number of halogens is 1. The van der Waals surface area contributed by atoms with Gasteiger partial charge in [-0.3, -0.25) is 14.6 Å². The fourth-order valence-corrected chi connectivity index (χ4v) is 6.44. The quantitative estimate of drug-likeness (QED) is 0.530.